The number of sulfone groups is 1. The van der Waals surface area contributed by atoms with Crippen LogP contribution in [-0.4, -0.2) is 26.6 Å². The van der Waals surface area contributed by atoms with Crippen molar-refractivity contribution in [3.63, 3.8) is 0 Å². The highest BCUT2D eigenvalue weighted by molar-refractivity contribution is 7.91. The molecule has 0 unspecified atom stereocenters. The number of carbonyl (C=O) groups excluding carboxylic acids is 1. The highest BCUT2D eigenvalue weighted by Crippen LogP contribution is 2.29. The smallest absolute Gasteiger partial charge is 0.355 e. The first-order chi connectivity index (χ1) is 13.1. The molecule has 0 spiro atoms. The van der Waals surface area contributed by atoms with Crippen LogP contribution in [0.5, 0.6) is 0 Å². The zero-order chi connectivity index (χ0) is 20.8. The number of rotatable bonds is 7. The summed E-state index contributed by atoms with van der Waals surface area (Å²) >= 11 is 0. The summed E-state index contributed by atoms with van der Waals surface area (Å²) in [5.41, 5.74) is 0.710. The van der Waals surface area contributed by atoms with Crippen molar-refractivity contribution in [2.75, 3.05) is 12.3 Å². The second-order valence-electron chi connectivity index (χ2n) is 6.14. The van der Waals surface area contributed by atoms with E-state index in [0.29, 0.717) is 16.7 Å². The molecule has 0 fully saturated rings. The van der Waals surface area contributed by atoms with Crippen LogP contribution < -0.4 is 5.32 Å². The molecular weight excluding hydrogens is 393 g/mol. The minimum Gasteiger partial charge on any atom is -0.355 e. The number of nitriles is 1. The third-order valence-corrected chi connectivity index (χ3v) is 5.31. The minimum absolute atomic E-state index is 0.108. The van der Waals surface area contributed by atoms with Crippen molar-refractivity contribution in [3.8, 4) is 6.07 Å². The molecule has 0 heterocycles. The highest BCUT2D eigenvalue weighted by Gasteiger charge is 2.29. The molecule has 2 aromatic rings. The van der Waals surface area contributed by atoms with Crippen molar-refractivity contribution in [1.29, 1.82) is 5.26 Å². The zero-order valence-electron chi connectivity index (χ0n) is 14.7. The van der Waals surface area contributed by atoms with E-state index in [9.17, 15) is 26.4 Å². The Bertz CT molecular complexity index is 961. The van der Waals surface area contributed by atoms with Crippen LogP contribution >= 0.6 is 0 Å². The Kier molecular flexibility index (Phi) is 6.80. The predicted molar refractivity (Wildman–Crippen MR) is 96.8 cm³/mol. The topological polar surface area (TPSA) is 87.0 Å². The average Bonchev–Trinajstić information content (AvgIpc) is 2.61. The molecule has 0 radical (unpaired) electrons. The highest BCUT2D eigenvalue weighted by atomic mass is 32.2. The first-order valence-corrected chi connectivity index (χ1v) is 10.0. The van der Waals surface area contributed by atoms with E-state index < -0.39 is 33.2 Å². The Morgan fingerprint density at radius 3 is 2.11 bits per heavy atom. The molecule has 0 aromatic heterocycles. The van der Waals surface area contributed by atoms with Gasteiger partial charge in [0.05, 0.1) is 22.9 Å². The summed E-state index contributed by atoms with van der Waals surface area (Å²) in [5.74, 6) is -1.70. The van der Waals surface area contributed by atoms with Crippen molar-refractivity contribution in [2.24, 2.45) is 0 Å². The normalized spacial score (nSPS) is 11.6. The third-order valence-electron chi connectivity index (χ3n) is 3.84. The lowest BCUT2D eigenvalue weighted by Crippen LogP contribution is -2.32. The van der Waals surface area contributed by atoms with E-state index in [1.807, 2.05) is 6.07 Å². The molecule has 9 heteroatoms. The van der Waals surface area contributed by atoms with Gasteiger partial charge >= 0.3 is 6.18 Å². The summed E-state index contributed by atoms with van der Waals surface area (Å²) in [6, 6.07) is 12.5. The number of alkyl halides is 3. The maximum Gasteiger partial charge on any atom is 0.416 e. The van der Waals surface area contributed by atoms with E-state index >= 15 is 0 Å². The number of carbonyl (C=O) groups is 1. The van der Waals surface area contributed by atoms with E-state index in [1.165, 1.54) is 36.4 Å². The second kappa shape index (κ2) is 8.89. The summed E-state index contributed by atoms with van der Waals surface area (Å²) in [7, 11) is -3.69. The number of hydrogen-bond acceptors (Lipinski definition) is 4. The van der Waals surface area contributed by atoms with Crippen molar-refractivity contribution >= 4 is 15.7 Å². The Labute approximate surface area is 160 Å². The lowest BCUT2D eigenvalue weighted by atomic mass is 10.1. The molecule has 1 N–H and O–H groups in total. The molecule has 0 saturated carbocycles. The van der Waals surface area contributed by atoms with Crippen LogP contribution in [0.2, 0.25) is 0 Å². The van der Waals surface area contributed by atoms with Crippen LogP contribution in [0.25, 0.3) is 0 Å². The van der Waals surface area contributed by atoms with Gasteiger partial charge < -0.3 is 5.32 Å². The summed E-state index contributed by atoms with van der Waals surface area (Å²) in [6.07, 6.45) is -4.13. The van der Waals surface area contributed by atoms with Crippen LogP contribution in [0.15, 0.2) is 48.5 Å². The number of halogens is 3. The van der Waals surface area contributed by atoms with Gasteiger partial charge in [0.15, 0.2) is 9.84 Å². The molecule has 0 atom stereocenters. The average molecular weight is 410 g/mol. The van der Waals surface area contributed by atoms with Gasteiger partial charge in [-0.25, -0.2) is 8.42 Å². The molecule has 0 aliphatic rings. The molecule has 5 nitrogen and oxygen atoms in total. The lowest BCUT2D eigenvalue weighted by Gasteiger charge is -2.09. The van der Waals surface area contributed by atoms with E-state index in [4.69, 9.17) is 5.26 Å². The molecule has 2 aromatic carbocycles. The van der Waals surface area contributed by atoms with Gasteiger partial charge in [0.1, 0.15) is 5.75 Å². The van der Waals surface area contributed by atoms with Gasteiger partial charge in [-0.05, 0) is 41.8 Å². The lowest BCUT2D eigenvalue weighted by molar-refractivity contribution is -0.137. The van der Waals surface area contributed by atoms with Gasteiger partial charge in [-0.3, -0.25) is 4.79 Å². The van der Waals surface area contributed by atoms with Gasteiger partial charge in [0.25, 0.3) is 0 Å². The fourth-order valence-electron chi connectivity index (χ4n) is 2.44. The van der Waals surface area contributed by atoms with Crippen LogP contribution in [-0.2, 0) is 33.0 Å². The maximum atomic E-state index is 12.5. The fraction of sp³-hybridized carbons (Fsp3) is 0.263. The SMILES string of the molecule is N#Cc1ccc(CS(=O)(=O)CC(=O)NCCc2ccc(C(F)(F)F)cc2)cc1. The molecule has 0 aliphatic heterocycles. The van der Waals surface area contributed by atoms with Crippen LogP contribution in [0.3, 0.4) is 0 Å². The summed E-state index contributed by atoms with van der Waals surface area (Å²) in [6.45, 7) is 0.108. The second-order valence-corrected chi connectivity index (χ2v) is 8.20. The Morgan fingerprint density at radius 1 is 1.00 bits per heavy atom. The molecule has 0 saturated heterocycles. The molecule has 1 amide bonds. The molecule has 148 valence electrons. The standard InChI is InChI=1S/C19H17F3N2O3S/c20-19(21,22)17-7-5-14(6-8-17)9-10-24-18(25)13-28(26,27)12-16-3-1-15(11-23)2-4-16/h1-8H,9-10,12-13H2,(H,24,25). The molecule has 0 aliphatic carbocycles. The zero-order valence-corrected chi connectivity index (χ0v) is 15.5. The first kappa shape index (κ1) is 21.4. The number of benzene rings is 2. The van der Waals surface area contributed by atoms with Gasteiger partial charge in [-0.15, -0.1) is 0 Å². The first-order valence-electron chi connectivity index (χ1n) is 8.21. The van der Waals surface area contributed by atoms with Crippen molar-refractivity contribution < 1.29 is 26.4 Å². The van der Waals surface area contributed by atoms with Crippen molar-refractivity contribution in [1.82, 2.24) is 5.32 Å². The van der Waals surface area contributed by atoms with Crippen molar-refractivity contribution in [3.05, 3.63) is 70.8 Å². The Morgan fingerprint density at radius 2 is 1.57 bits per heavy atom. The number of nitrogens with zero attached hydrogens (tertiary/aromatic N) is 1. The van der Waals surface area contributed by atoms with Gasteiger partial charge in [-0.2, -0.15) is 18.4 Å². The molecule has 0 bridgehead atoms. The summed E-state index contributed by atoms with van der Waals surface area (Å²) < 4.78 is 61.7. The van der Waals surface area contributed by atoms with Crippen LogP contribution in [0.1, 0.15) is 22.3 Å². The van der Waals surface area contributed by atoms with Gasteiger partial charge in [-0.1, -0.05) is 24.3 Å². The van der Waals surface area contributed by atoms with Crippen LogP contribution in [0.4, 0.5) is 13.2 Å². The number of amides is 1. The predicted octanol–water partition coefficient (Wildman–Crippen LogP) is 2.85. The monoisotopic (exact) mass is 410 g/mol. The van der Waals surface area contributed by atoms with Gasteiger partial charge in [0, 0.05) is 6.54 Å². The molecular formula is C19H17F3N2O3S. The molecule has 28 heavy (non-hydrogen) atoms. The minimum atomic E-state index is -4.41. The maximum absolute atomic E-state index is 12.5. The van der Waals surface area contributed by atoms with Crippen molar-refractivity contribution in [2.45, 2.75) is 18.3 Å². The fourth-order valence-corrected chi connectivity index (χ4v) is 3.74. The van der Waals surface area contributed by atoms with Crippen LogP contribution in [0, 0.1) is 11.3 Å². The number of nitrogens with one attached hydrogen (secondary N) is 1. The molecule has 2 rings (SSSR count). The quantitative estimate of drug-likeness (QED) is 0.761. The largest absolute Gasteiger partial charge is 0.416 e. The summed E-state index contributed by atoms with van der Waals surface area (Å²) in [5, 5.41) is 11.2. The number of hydrogen-bond donors (Lipinski definition) is 1. The van der Waals surface area contributed by atoms with Gasteiger partial charge in [0.2, 0.25) is 5.91 Å². The Hall–Kier alpha value is -2.86. The van der Waals surface area contributed by atoms with E-state index in [0.717, 1.165) is 12.1 Å². The third kappa shape index (κ3) is 6.70. The van der Waals surface area contributed by atoms with E-state index in [-0.39, 0.29) is 18.7 Å². The van der Waals surface area contributed by atoms with E-state index in [1.54, 1.807) is 0 Å². The Balaban J connectivity index is 1.81. The van der Waals surface area contributed by atoms with E-state index in [2.05, 4.69) is 5.32 Å². The summed E-state index contributed by atoms with van der Waals surface area (Å²) in [4.78, 5) is 11.8.